The van der Waals surface area contributed by atoms with Gasteiger partial charge in [0.15, 0.2) is 0 Å². The van der Waals surface area contributed by atoms with Crippen molar-refractivity contribution in [3.8, 4) is 5.75 Å². The molecule has 0 saturated carbocycles. The van der Waals surface area contributed by atoms with Crippen molar-refractivity contribution in [2.75, 3.05) is 6.61 Å². The monoisotopic (exact) mass is 460 g/mol. The van der Waals surface area contributed by atoms with E-state index < -0.39 is 37.3 Å². The first kappa shape index (κ1) is 27.3. The molecule has 4 N–H and O–H groups in total. The van der Waals surface area contributed by atoms with Crippen LogP contribution in [0.5, 0.6) is 5.75 Å². The Bertz CT molecular complexity index is 729. The molecule has 5 atom stereocenters. The minimum absolute atomic E-state index is 0.478. The number of aryl methyl sites for hydroxylation is 1. The fourth-order valence-corrected chi connectivity index (χ4v) is 3.78. The maximum Gasteiger partial charge on any atom is 0.229 e. The van der Waals surface area contributed by atoms with Crippen LogP contribution in [0.25, 0.3) is 0 Å². The molecule has 1 fully saturated rings. The molecule has 1 aromatic carbocycles. The lowest BCUT2D eigenvalue weighted by atomic mass is 9.99. The van der Waals surface area contributed by atoms with E-state index in [0.29, 0.717) is 5.75 Å². The fraction of sp³-hybridized carbons (Fsp3) is 0.556. The number of allylic oxidation sites excluding steroid dienone is 5. The van der Waals surface area contributed by atoms with Crippen LogP contribution in [0.15, 0.2) is 61.2 Å². The maximum absolute atomic E-state index is 10.1. The van der Waals surface area contributed by atoms with Crippen molar-refractivity contribution in [2.24, 2.45) is 0 Å². The van der Waals surface area contributed by atoms with Gasteiger partial charge in [-0.05, 0) is 56.2 Å². The molecule has 184 valence electrons. The molecule has 1 heterocycles. The second-order valence-corrected chi connectivity index (χ2v) is 8.47. The molecule has 0 bridgehead atoms. The molecule has 0 spiro atoms. The average molecular weight is 461 g/mol. The third-order valence-electron chi connectivity index (χ3n) is 5.74. The van der Waals surface area contributed by atoms with Gasteiger partial charge in [0.05, 0.1) is 6.61 Å². The number of rotatable bonds is 15. The molecule has 33 heavy (non-hydrogen) atoms. The summed E-state index contributed by atoms with van der Waals surface area (Å²) in [5.74, 6) is 0.517. The Kier molecular flexibility index (Phi) is 13.1. The number of hydrogen-bond donors (Lipinski definition) is 4. The van der Waals surface area contributed by atoms with E-state index in [1.165, 1.54) is 25.7 Å². The summed E-state index contributed by atoms with van der Waals surface area (Å²) in [7, 11) is 0. The van der Waals surface area contributed by atoms with Gasteiger partial charge in [-0.25, -0.2) is 0 Å². The first-order chi connectivity index (χ1) is 16.1. The molecular weight excluding hydrogens is 420 g/mol. The lowest BCUT2D eigenvalue weighted by Crippen LogP contribution is -2.60. The molecular formula is C27H40O6. The lowest BCUT2D eigenvalue weighted by molar-refractivity contribution is -0.277. The summed E-state index contributed by atoms with van der Waals surface area (Å²) in [4.78, 5) is 0. The fourth-order valence-electron chi connectivity index (χ4n) is 3.78. The summed E-state index contributed by atoms with van der Waals surface area (Å²) < 4.78 is 11.1. The molecule has 1 aliphatic rings. The van der Waals surface area contributed by atoms with Crippen LogP contribution in [0.1, 0.15) is 56.9 Å². The highest BCUT2D eigenvalue weighted by Crippen LogP contribution is 2.25. The van der Waals surface area contributed by atoms with E-state index in [1.807, 2.05) is 24.3 Å². The van der Waals surface area contributed by atoms with Crippen molar-refractivity contribution >= 4 is 0 Å². The summed E-state index contributed by atoms with van der Waals surface area (Å²) in [6.07, 6.45) is 14.2. The zero-order valence-electron chi connectivity index (χ0n) is 19.5. The van der Waals surface area contributed by atoms with Gasteiger partial charge >= 0.3 is 0 Å². The molecule has 1 aromatic rings. The van der Waals surface area contributed by atoms with Crippen LogP contribution < -0.4 is 4.74 Å². The van der Waals surface area contributed by atoms with Crippen LogP contribution in [-0.2, 0) is 11.2 Å². The molecule has 2 rings (SSSR count). The molecule has 1 saturated heterocycles. The lowest BCUT2D eigenvalue weighted by Gasteiger charge is -2.39. The van der Waals surface area contributed by atoms with Gasteiger partial charge in [-0.2, -0.15) is 0 Å². The summed E-state index contributed by atoms with van der Waals surface area (Å²) in [6, 6.07) is 7.57. The SMILES string of the molecule is C=CC/C=C\C/C=C\CCCCCCCc1cccc(O[C@@H]2O[C@H](CO)[C@H](O)[C@H](O)[C@H]2O)c1. The Morgan fingerprint density at radius 3 is 2.39 bits per heavy atom. The molecule has 0 amide bonds. The molecule has 0 aromatic heterocycles. The standard InChI is InChI=1S/C27H40O6/c1-2-3-4-5-6-7-8-9-10-11-12-13-14-16-21-17-15-18-22(19-21)32-27-26(31)25(30)24(29)23(20-28)33-27/h2,4-5,7-8,15,17-19,23-31H,1,3,6,9-14,16,20H2/b5-4-,8-7-/t23-,24+,25+,26-,27-/m1/s1. The Morgan fingerprint density at radius 1 is 0.879 bits per heavy atom. The molecule has 1 aliphatic heterocycles. The van der Waals surface area contributed by atoms with Gasteiger partial charge in [-0.1, -0.05) is 61.8 Å². The van der Waals surface area contributed by atoms with Gasteiger partial charge in [-0.15, -0.1) is 6.58 Å². The van der Waals surface area contributed by atoms with E-state index in [2.05, 4.69) is 30.9 Å². The van der Waals surface area contributed by atoms with Gasteiger partial charge in [0.2, 0.25) is 6.29 Å². The predicted octanol–water partition coefficient (Wildman–Crippen LogP) is 3.83. The molecule has 0 aliphatic carbocycles. The minimum Gasteiger partial charge on any atom is -0.462 e. The summed E-state index contributed by atoms with van der Waals surface area (Å²) in [5, 5.41) is 39.2. The summed E-state index contributed by atoms with van der Waals surface area (Å²) in [5.41, 5.74) is 1.13. The van der Waals surface area contributed by atoms with Crippen molar-refractivity contribution in [2.45, 2.75) is 88.5 Å². The van der Waals surface area contributed by atoms with E-state index in [9.17, 15) is 20.4 Å². The Labute approximate surface area is 197 Å². The quantitative estimate of drug-likeness (QED) is 0.235. The number of aliphatic hydroxyl groups is 4. The molecule has 0 unspecified atom stereocenters. The van der Waals surface area contributed by atoms with Gasteiger partial charge in [-0.3, -0.25) is 0 Å². The largest absolute Gasteiger partial charge is 0.462 e. The highest BCUT2D eigenvalue weighted by Gasteiger charge is 2.44. The Hall–Kier alpha value is -1.96. The van der Waals surface area contributed by atoms with E-state index in [4.69, 9.17) is 9.47 Å². The van der Waals surface area contributed by atoms with Gasteiger partial charge in [0.25, 0.3) is 0 Å². The number of aliphatic hydroxyl groups excluding tert-OH is 4. The predicted molar refractivity (Wildman–Crippen MR) is 130 cm³/mol. The van der Waals surface area contributed by atoms with Crippen LogP contribution in [0.3, 0.4) is 0 Å². The Morgan fingerprint density at radius 2 is 1.61 bits per heavy atom. The zero-order chi connectivity index (χ0) is 23.9. The highest BCUT2D eigenvalue weighted by molar-refractivity contribution is 5.28. The third-order valence-corrected chi connectivity index (χ3v) is 5.74. The second-order valence-electron chi connectivity index (χ2n) is 8.47. The summed E-state index contributed by atoms with van der Waals surface area (Å²) in [6.45, 7) is 3.22. The number of unbranched alkanes of at least 4 members (excludes halogenated alkanes) is 5. The van der Waals surface area contributed by atoms with Crippen LogP contribution in [0, 0.1) is 0 Å². The highest BCUT2D eigenvalue weighted by atomic mass is 16.7. The number of hydrogen-bond acceptors (Lipinski definition) is 6. The van der Waals surface area contributed by atoms with Gasteiger partial charge < -0.3 is 29.9 Å². The van der Waals surface area contributed by atoms with Crippen molar-refractivity contribution in [1.29, 1.82) is 0 Å². The van der Waals surface area contributed by atoms with E-state index in [-0.39, 0.29) is 0 Å². The van der Waals surface area contributed by atoms with Gasteiger partial charge in [0.1, 0.15) is 30.2 Å². The van der Waals surface area contributed by atoms with Crippen molar-refractivity contribution in [3.05, 3.63) is 66.8 Å². The van der Waals surface area contributed by atoms with Crippen LogP contribution in [0.4, 0.5) is 0 Å². The second kappa shape index (κ2) is 15.8. The zero-order valence-corrected chi connectivity index (χ0v) is 19.5. The van der Waals surface area contributed by atoms with Crippen molar-refractivity contribution < 1.29 is 29.9 Å². The smallest absolute Gasteiger partial charge is 0.229 e. The first-order valence-electron chi connectivity index (χ1n) is 12.0. The Balaban J connectivity index is 1.64. The topological polar surface area (TPSA) is 99.4 Å². The number of ether oxygens (including phenoxy) is 2. The molecule has 0 radical (unpaired) electrons. The third kappa shape index (κ3) is 9.82. The summed E-state index contributed by atoms with van der Waals surface area (Å²) >= 11 is 0. The van der Waals surface area contributed by atoms with Crippen LogP contribution >= 0.6 is 0 Å². The van der Waals surface area contributed by atoms with E-state index >= 15 is 0 Å². The molecule has 6 nitrogen and oxygen atoms in total. The maximum atomic E-state index is 10.1. The van der Waals surface area contributed by atoms with Crippen molar-refractivity contribution in [1.82, 2.24) is 0 Å². The van der Waals surface area contributed by atoms with Crippen LogP contribution in [0.2, 0.25) is 0 Å². The number of benzene rings is 1. The van der Waals surface area contributed by atoms with E-state index in [0.717, 1.165) is 37.7 Å². The normalized spacial score (nSPS) is 25.6. The minimum atomic E-state index is -1.45. The van der Waals surface area contributed by atoms with Crippen LogP contribution in [-0.4, -0.2) is 57.7 Å². The van der Waals surface area contributed by atoms with Crippen molar-refractivity contribution in [3.63, 3.8) is 0 Å². The first-order valence-corrected chi connectivity index (χ1v) is 12.0. The molecule has 6 heteroatoms. The average Bonchev–Trinajstić information content (AvgIpc) is 2.82. The van der Waals surface area contributed by atoms with Gasteiger partial charge in [0, 0.05) is 0 Å². The van der Waals surface area contributed by atoms with E-state index in [1.54, 1.807) is 6.07 Å².